The Hall–Kier alpha value is -0.580. The second kappa shape index (κ2) is 6.99. The Morgan fingerprint density at radius 3 is 2.59 bits per heavy atom. The van der Waals surface area contributed by atoms with Gasteiger partial charge in [0, 0.05) is 6.04 Å². The highest BCUT2D eigenvalue weighted by Gasteiger charge is 2.14. The molecule has 0 saturated heterocycles. The van der Waals surface area contributed by atoms with Crippen LogP contribution in [0.3, 0.4) is 0 Å². The first kappa shape index (κ1) is 14.5. The zero-order valence-electron chi connectivity index (χ0n) is 11.0. The third-order valence-corrected chi connectivity index (χ3v) is 3.47. The molecule has 0 aromatic heterocycles. The van der Waals surface area contributed by atoms with E-state index in [1.54, 1.807) is 7.11 Å². The maximum absolute atomic E-state index is 5.25. The molecule has 1 unspecified atom stereocenters. The van der Waals surface area contributed by atoms with E-state index in [4.69, 9.17) is 4.74 Å². The Kier molecular flexibility index (Phi) is 5.95. The minimum atomic E-state index is 0.421. The Morgan fingerprint density at radius 1 is 1.41 bits per heavy atom. The van der Waals surface area contributed by atoms with Crippen LogP contribution in [-0.4, -0.2) is 39.7 Å². The van der Waals surface area contributed by atoms with Gasteiger partial charge in [0.15, 0.2) is 0 Å². The SMILES string of the molecule is CNCCC(c1ccc(OC)c(Br)c1)N(C)C. The third kappa shape index (κ3) is 3.98. The first-order valence-electron chi connectivity index (χ1n) is 5.74. The van der Waals surface area contributed by atoms with Crippen LogP contribution in [0.4, 0.5) is 0 Å². The number of nitrogens with one attached hydrogen (secondary N) is 1. The third-order valence-electron chi connectivity index (χ3n) is 2.85. The van der Waals surface area contributed by atoms with E-state index in [0.717, 1.165) is 23.2 Å². The summed E-state index contributed by atoms with van der Waals surface area (Å²) in [5, 5.41) is 3.20. The molecule has 1 N–H and O–H groups in total. The highest BCUT2D eigenvalue weighted by atomic mass is 79.9. The largest absolute Gasteiger partial charge is 0.496 e. The molecule has 0 bridgehead atoms. The summed E-state index contributed by atoms with van der Waals surface area (Å²) in [6.45, 7) is 1.01. The number of hydrogen-bond acceptors (Lipinski definition) is 3. The lowest BCUT2D eigenvalue weighted by Crippen LogP contribution is -2.23. The van der Waals surface area contributed by atoms with Crippen molar-refractivity contribution >= 4 is 15.9 Å². The van der Waals surface area contributed by atoms with Gasteiger partial charge in [0.25, 0.3) is 0 Å². The summed E-state index contributed by atoms with van der Waals surface area (Å²) in [5.41, 5.74) is 1.30. The van der Waals surface area contributed by atoms with Gasteiger partial charge in [-0.1, -0.05) is 6.07 Å². The minimum absolute atomic E-state index is 0.421. The van der Waals surface area contributed by atoms with E-state index in [2.05, 4.69) is 52.4 Å². The normalized spacial score (nSPS) is 12.8. The minimum Gasteiger partial charge on any atom is -0.496 e. The maximum atomic E-state index is 5.25. The van der Waals surface area contributed by atoms with Crippen LogP contribution in [0.15, 0.2) is 22.7 Å². The van der Waals surface area contributed by atoms with Crippen molar-refractivity contribution in [2.45, 2.75) is 12.5 Å². The average molecular weight is 301 g/mol. The van der Waals surface area contributed by atoms with Crippen molar-refractivity contribution in [3.63, 3.8) is 0 Å². The van der Waals surface area contributed by atoms with Crippen LogP contribution in [0.1, 0.15) is 18.0 Å². The molecule has 1 aromatic rings. The molecule has 1 aromatic carbocycles. The standard InChI is InChI=1S/C13H21BrN2O/c1-15-8-7-12(16(2)3)10-5-6-13(17-4)11(14)9-10/h5-6,9,12,15H,7-8H2,1-4H3. The van der Waals surface area contributed by atoms with Crippen LogP contribution >= 0.6 is 15.9 Å². The molecule has 17 heavy (non-hydrogen) atoms. The first-order valence-corrected chi connectivity index (χ1v) is 6.54. The van der Waals surface area contributed by atoms with Gasteiger partial charge in [0.1, 0.15) is 5.75 Å². The summed E-state index contributed by atoms with van der Waals surface area (Å²) in [6, 6.07) is 6.70. The molecule has 0 aliphatic heterocycles. The van der Waals surface area contributed by atoms with Crippen LogP contribution in [0.2, 0.25) is 0 Å². The first-order chi connectivity index (χ1) is 8.10. The molecule has 1 rings (SSSR count). The van der Waals surface area contributed by atoms with Crippen LogP contribution in [0, 0.1) is 0 Å². The average Bonchev–Trinajstić information content (AvgIpc) is 2.29. The van der Waals surface area contributed by atoms with E-state index < -0.39 is 0 Å². The number of hydrogen-bond donors (Lipinski definition) is 1. The van der Waals surface area contributed by atoms with Crippen molar-refractivity contribution < 1.29 is 4.74 Å². The van der Waals surface area contributed by atoms with Gasteiger partial charge >= 0.3 is 0 Å². The van der Waals surface area contributed by atoms with Crippen molar-refractivity contribution in [1.29, 1.82) is 0 Å². The number of ether oxygens (including phenoxy) is 1. The lowest BCUT2D eigenvalue weighted by Gasteiger charge is -2.25. The zero-order chi connectivity index (χ0) is 12.8. The summed E-state index contributed by atoms with van der Waals surface area (Å²) < 4.78 is 6.26. The number of methoxy groups -OCH3 is 1. The predicted octanol–water partition coefficient (Wildman–Crippen LogP) is 2.67. The summed E-state index contributed by atoms with van der Waals surface area (Å²) in [6.07, 6.45) is 1.09. The smallest absolute Gasteiger partial charge is 0.133 e. The molecule has 0 heterocycles. The van der Waals surface area contributed by atoms with Gasteiger partial charge in [-0.25, -0.2) is 0 Å². The van der Waals surface area contributed by atoms with Gasteiger partial charge in [-0.3, -0.25) is 0 Å². The molecule has 0 saturated carbocycles. The quantitative estimate of drug-likeness (QED) is 0.874. The van der Waals surface area contributed by atoms with E-state index >= 15 is 0 Å². The topological polar surface area (TPSA) is 24.5 Å². The van der Waals surface area contributed by atoms with E-state index in [1.165, 1.54) is 5.56 Å². The molecule has 4 heteroatoms. The van der Waals surface area contributed by atoms with Crippen molar-refractivity contribution in [2.24, 2.45) is 0 Å². The molecule has 0 aliphatic carbocycles. The maximum Gasteiger partial charge on any atom is 0.133 e. The van der Waals surface area contributed by atoms with E-state index in [1.807, 2.05) is 13.1 Å². The number of rotatable bonds is 6. The number of nitrogens with zero attached hydrogens (tertiary/aromatic N) is 1. The fourth-order valence-corrected chi connectivity index (χ4v) is 2.45. The lowest BCUT2D eigenvalue weighted by atomic mass is 10.0. The van der Waals surface area contributed by atoms with Gasteiger partial charge in [-0.2, -0.15) is 0 Å². The Bertz CT molecular complexity index is 355. The highest BCUT2D eigenvalue weighted by molar-refractivity contribution is 9.10. The number of benzene rings is 1. The van der Waals surface area contributed by atoms with Crippen LogP contribution in [0.25, 0.3) is 0 Å². The summed E-state index contributed by atoms with van der Waals surface area (Å²) >= 11 is 3.53. The van der Waals surface area contributed by atoms with Crippen LogP contribution in [0.5, 0.6) is 5.75 Å². The molecule has 96 valence electrons. The van der Waals surface area contributed by atoms with Gasteiger partial charge in [-0.15, -0.1) is 0 Å². The van der Waals surface area contributed by atoms with Crippen LogP contribution < -0.4 is 10.1 Å². The predicted molar refractivity (Wildman–Crippen MR) is 75.7 cm³/mol. The van der Waals surface area contributed by atoms with Crippen molar-refractivity contribution in [1.82, 2.24) is 10.2 Å². The Balaban J connectivity index is 2.90. The van der Waals surface area contributed by atoms with Gasteiger partial charge < -0.3 is 15.0 Å². The molecule has 0 fully saturated rings. The highest BCUT2D eigenvalue weighted by Crippen LogP contribution is 2.30. The monoisotopic (exact) mass is 300 g/mol. The molecule has 1 atom stereocenters. The van der Waals surface area contributed by atoms with E-state index in [9.17, 15) is 0 Å². The van der Waals surface area contributed by atoms with Crippen LogP contribution in [-0.2, 0) is 0 Å². The van der Waals surface area contributed by atoms with Gasteiger partial charge in [0.05, 0.1) is 11.6 Å². The molecule has 3 nitrogen and oxygen atoms in total. The summed E-state index contributed by atoms with van der Waals surface area (Å²) in [7, 11) is 7.89. The molecule has 0 aliphatic rings. The van der Waals surface area contributed by atoms with E-state index in [-0.39, 0.29) is 0 Å². The summed E-state index contributed by atoms with van der Waals surface area (Å²) in [5.74, 6) is 0.875. The fourth-order valence-electron chi connectivity index (χ4n) is 1.89. The van der Waals surface area contributed by atoms with Gasteiger partial charge in [0.2, 0.25) is 0 Å². The van der Waals surface area contributed by atoms with E-state index in [0.29, 0.717) is 6.04 Å². The van der Waals surface area contributed by atoms with Crippen molar-refractivity contribution in [3.8, 4) is 5.75 Å². The Morgan fingerprint density at radius 2 is 2.12 bits per heavy atom. The zero-order valence-corrected chi connectivity index (χ0v) is 12.5. The van der Waals surface area contributed by atoms with Crippen molar-refractivity contribution in [2.75, 3.05) is 34.8 Å². The lowest BCUT2D eigenvalue weighted by molar-refractivity contribution is 0.282. The number of halogens is 1. The molecular formula is C13H21BrN2O. The molecule has 0 spiro atoms. The van der Waals surface area contributed by atoms with Gasteiger partial charge in [-0.05, 0) is 67.7 Å². The molecule has 0 amide bonds. The molecule has 0 radical (unpaired) electrons. The second-order valence-electron chi connectivity index (χ2n) is 4.27. The summed E-state index contributed by atoms with van der Waals surface area (Å²) in [4.78, 5) is 2.24. The second-order valence-corrected chi connectivity index (χ2v) is 5.12. The fraction of sp³-hybridized carbons (Fsp3) is 0.538. The Labute approximate surface area is 112 Å². The van der Waals surface area contributed by atoms with Crippen molar-refractivity contribution in [3.05, 3.63) is 28.2 Å². The molecular weight excluding hydrogens is 280 g/mol.